The van der Waals surface area contributed by atoms with Crippen molar-refractivity contribution in [1.29, 1.82) is 0 Å². The summed E-state index contributed by atoms with van der Waals surface area (Å²) in [6, 6.07) is 0.457. The maximum absolute atomic E-state index is 12.2. The molecule has 3 nitrogen and oxygen atoms in total. The normalized spacial score (nSPS) is 30.0. The number of halogens is 3. The Kier molecular flexibility index (Phi) is 5.91. The van der Waals surface area contributed by atoms with Crippen LogP contribution in [0.4, 0.5) is 13.2 Å². The third kappa shape index (κ3) is 5.75. The van der Waals surface area contributed by atoms with Crippen molar-refractivity contribution in [3.8, 4) is 0 Å². The summed E-state index contributed by atoms with van der Waals surface area (Å²) in [5.74, 6) is 0.765. The summed E-state index contributed by atoms with van der Waals surface area (Å²) in [7, 11) is 4.21. The molecule has 0 radical (unpaired) electrons. The average Bonchev–Trinajstić information content (AvgIpc) is 2.38. The predicted octanol–water partition coefficient (Wildman–Crippen LogP) is 3.11. The van der Waals surface area contributed by atoms with E-state index < -0.39 is 12.5 Å². The van der Waals surface area contributed by atoms with Crippen molar-refractivity contribution in [2.45, 2.75) is 57.0 Å². The Morgan fingerprint density at radius 3 is 2.05 bits per heavy atom. The molecule has 0 aromatic heterocycles. The molecule has 0 aromatic carbocycles. The summed E-state index contributed by atoms with van der Waals surface area (Å²) >= 11 is 0. The van der Waals surface area contributed by atoms with E-state index in [1.807, 2.05) is 0 Å². The lowest BCUT2D eigenvalue weighted by molar-refractivity contribution is -0.345. The van der Waals surface area contributed by atoms with Gasteiger partial charge in [0.25, 0.3) is 0 Å². The van der Waals surface area contributed by atoms with E-state index in [9.17, 15) is 13.2 Å². The van der Waals surface area contributed by atoms with Gasteiger partial charge >= 0.3 is 6.36 Å². The van der Waals surface area contributed by atoms with Gasteiger partial charge < -0.3 is 9.80 Å². The Hall–Kier alpha value is -0.330. The lowest BCUT2D eigenvalue weighted by Crippen LogP contribution is -2.45. The van der Waals surface area contributed by atoms with Crippen LogP contribution in [0.3, 0.4) is 0 Å². The molecule has 1 heterocycles. The van der Waals surface area contributed by atoms with Crippen LogP contribution in [-0.2, 0) is 4.74 Å². The molecule has 1 aliphatic heterocycles. The third-order valence-corrected chi connectivity index (χ3v) is 4.73. The quantitative estimate of drug-likeness (QED) is 0.794. The van der Waals surface area contributed by atoms with Crippen molar-refractivity contribution in [2.75, 3.05) is 33.7 Å². The molecular weight excluding hydrogens is 281 g/mol. The first-order valence-corrected chi connectivity index (χ1v) is 7.97. The molecule has 0 atom stereocenters. The van der Waals surface area contributed by atoms with E-state index in [2.05, 4.69) is 28.6 Å². The van der Waals surface area contributed by atoms with E-state index in [-0.39, 0.29) is 0 Å². The van der Waals surface area contributed by atoms with Crippen LogP contribution in [0, 0.1) is 5.92 Å². The number of likely N-dealkylation sites (tertiary alicyclic amines) is 1. The van der Waals surface area contributed by atoms with Crippen molar-refractivity contribution in [2.24, 2.45) is 5.92 Å². The smallest absolute Gasteiger partial charge is 0.309 e. The molecule has 0 spiro atoms. The van der Waals surface area contributed by atoms with Crippen molar-refractivity contribution in [3.63, 3.8) is 0 Å². The summed E-state index contributed by atoms with van der Waals surface area (Å²) in [6.45, 7) is 3.32. The van der Waals surface area contributed by atoms with Gasteiger partial charge in [0.15, 0.2) is 0 Å². The van der Waals surface area contributed by atoms with Crippen molar-refractivity contribution < 1.29 is 17.9 Å². The van der Waals surface area contributed by atoms with Crippen LogP contribution < -0.4 is 0 Å². The maximum atomic E-state index is 12.2. The highest BCUT2D eigenvalue weighted by molar-refractivity contribution is 4.84. The monoisotopic (exact) mass is 308 g/mol. The highest BCUT2D eigenvalue weighted by Crippen LogP contribution is 2.31. The van der Waals surface area contributed by atoms with Crippen molar-refractivity contribution in [3.05, 3.63) is 0 Å². The Morgan fingerprint density at radius 2 is 1.57 bits per heavy atom. The minimum absolute atomic E-state index is 0.457. The van der Waals surface area contributed by atoms with Gasteiger partial charge in [0.2, 0.25) is 0 Å². The lowest BCUT2D eigenvalue weighted by atomic mass is 9.88. The minimum atomic E-state index is -4.48. The van der Waals surface area contributed by atoms with Crippen LogP contribution in [-0.4, -0.2) is 62.0 Å². The second-order valence-corrected chi connectivity index (χ2v) is 6.74. The van der Waals surface area contributed by atoms with Crippen molar-refractivity contribution >= 4 is 0 Å². The van der Waals surface area contributed by atoms with Crippen LogP contribution in [0.1, 0.15) is 38.5 Å². The molecule has 2 fully saturated rings. The molecule has 124 valence electrons. The van der Waals surface area contributed by atoms with E-state index in [0.717, 1.165) is 38.4 Å². The molecule has 1 aliphatic carbocycles. The van der Waals surface area contributed by atoms with E-state index in [4.69, 9.17) is 0 Å². The number of ether oxygens (including phenoxy) is 1. The van der Waals surface area contributed by atoms with Crippen LogP contribution >= 0.6 is 0 Å². The number of rotatable bonds is 4. The fraction of sp³-hybridized carbons (Fsp3) is 1.00. The zero-order chi connectivity index (χ0) is 15.5. The molecule has 2 aliphatic rings. The molecule has 6 heteroatoms. The molecule has 1 saturated carbocycles. The first-order valence-electron chi connectivity index (χ1n) is 7.97. The molecule has 21 heavy (non-hydrogen) atoms. The first kappa shape index (κ1) is 17.0. The van der Waals surface area contributed by atoms with Crippen LogP contribution in [0.2, 0.25) is 0 Å². The lowest BCUT2D eigenvalue weighted by Gasteiger charge is -2.41. The largest absolute Gasteiger partial charge is 0.522 e. The number of hydrogen-bond donors (Lipinski definition) is 0. The molecule has 0 N–H and O–H groups in total. The summed E-state index contributed by atoms with van der Waals surface area (Å²) in [6.07, 6.45) is 0.0190. The third-order valence-electron chi connectivity index (χ3n) is 4.73. The fourth-order valence-electron chi connectivity index (χ4n) is 3.73. The fourth-order valence-corrected chi connectivity index (χ4v) is 3.73. The summed E-state index contributed by atoms with van der Waals surface area (Å²) in [5.41, 5.74) is 0. The standard InChI is InChI=1S/C15H27F3N2O/c1-19(2)11-12-7-9-20(10-8-12)13-3-5-14(6-4-13)21-15(16,17)18/h12-14H,3-11H2,1-2H3. The number of nitrogens with zero attached hydrogens (tertiary/aromatic N) is 2. The first-order chi connectivity index (χ1) is 9.83. The molecule has 0 amide bonds. The maximum Gasteiger partial charge on any atom is 0.522 e. The van der Waals surface area contributed by atoms with Crippen LogP contribution in [0.25, 0.3) is 0 Å². The summed E-state index contributed by atoms with van der Waals surface area (Å²) in [4.78, 5) is 4.72. The minimum Gasteiger partial charge on any atom is -0.309 e. The van der Waals surface area contributed by atoms with E-state index >= 15 is 0 Å². The zero-order valence-electron chi connectivity index (χ0n) is 13.0. The van der Waals surface area contributed by atoms with Crippen molar-refractivity contribution in [1.82, 2.24) is 9.80 Å². The van der Waals surface area contributed by atoms with Gasteiger partial charge in [0, 0.05) is 12.6 Å². The van der Waals surface area contributed by atoms with Crippen LogP contribution in [0.5, 0.6) is 0 Å². The van der Waals surface area contributed by atoms with Gasteiger partial charge in [-0.2, -0.15) is 0 Å². The topological polar surface area (TPSA) is 15.7 Å². The Bertz CT molecular complexity index is 307. The van der Waals surface area contributed by atoms with E-state index in [1.54, 1.807) is 0 Å². The zero-order valence-corrected chi connectivity index (χ0v) is 13.0. The van der Waals surface area contributed by atoms with Crippen LogP contribution in [0.15, 0.2) is 0 Å². The van der Waals surface area contributed by atoms with Gasteiger partial charge in [0.1, 0.15) is 0 Å². The number of piperidine rings is 1. The molecular formula is C15H27F3N2O. The van der Waals surface area contributed by atoms with Gasteiger partial charge in [-0.1, -0.05) is 0 Å². The van der Waals surface area contributed by atoms with Gasteiger partial charge in [0.05, 0.1) is 6.10 Å². The molecule has 0 aromatic rings. The van der Waals surface area contributed by atoms with Gasteiger partial charge in [-0.15, -0.1) is 13.2 Å². The molecule has 2 rings (SSSR count). The number of alkyl halides is 3. The van der Waals surface area contributed by atoms with E-state index in [0.29, 0.717) is 18.9 Å². The predicted molar refractivity (Wildman–Crippen MR) is 76.0 cm³/mol. The Balaban J connectivity index is 1.69. The molecule has 0 bridgehead atoms. The highest BCUT2D eigenvalue weighted by atomic mass is 19.4. The second kappa shape index (κ2) is 7.29. The van der Waals surface area contributed by atoms with Gasteiger partial charge in [-0.25, -0.2) is 0 Å². The number of hydrogen-bond acceptors (Lipinski definition) is 3. The van der Waals surface area contributed by atoms with E-state index in [1.165, 1.54) is 12.8 Å². The summed E-state index contributed by atoms with van der Waals surface area (Å²) in [5, 5.41) is 0. The average molecular weight is 308 g/mol. The Morgan fingerprint density at radius 1 is 1.00 bits per heavy atom. The highest BCUT2D eigenvalue weighted by Gasteiger charge is 2.36. The second-order valence-electron chi connectivity index (χ2n) is 6.74. The summed E-state index contributed by atoms with van der Waals surface area (Å²) < 4.78 is 40.8. The molecule has 1 saturated heterocycles. The van der Waals surface area contributed by atoms with Gasteiger partial charge in [-0.3, -0.25) is 4.74 Å². The molecule has 0 unspecified atom stereocenters. The van der Waals surface area contributed by atoms with Gasteiger partial charge in [-0.05, 0) is 71.6 Å². The Labute approximate surface area is 125 Å². The SMILES string of the molecule is CN(C)CC1CCN(C2CCC(OC(F)(F)F)CC2)CC1.